The molecule has 4 nitrogen and oxygen atoms in total. The molecular weight excluding hydrogens is 216 g/mol. The summed E-state index contributed by atoms with van der Waals surface area (Å²) in [5.41, 5.74) is 0.326. The number of hydrogen-bond donors (Lipinski definition) is 1. The van der Waals surface area contributed by atoms with Gasteiger partial charge in [-0.2, -0.15) is 0 Å². The van der Waals surface area contributed by atoms with Crippen molar-refractivity contribution < 1.29 is 9.90 Å². The van der Waals surface area contributed by atoms with E-state index in [0.29, 0.717) is 11.4 Å². The number of fused-ring (bicyclic) bond motifs is 1. The van der Waals surface area contributed by atoms with Crippen LogP contribution in [0.1, 0.15) is 29.6 Å². The van der Waals surface area contributed by atoms with Crippen LogP contribution in [-0.2, 0) is 0 Å². The average molecular weight is 232 g/mol. The zero-order valence-corrected chi connectivity index (χ0v) is 9.67. The van der Waals surface area contributed by atoms with Crippen molar-refractivity contribution in [2.75, 3.05) is 18.0 Å². The van der Waals surface area contributed by atoms with Crippen LogP contribution in [0.3, 0.4) is 0 Å². The molecule has 2 aliphatic rings. The van der Waals surface area contributed by atoms with Crippen molar-refractivity contribution in [1.29, 1.82) is 0 Å². The first kappa shape index (κ1) is 10.6. The van der Waals surface area contributed by atoms with Crippen molar-refractivity contribution in [1.82, 2.24) is 4.98 Å². The quantitative estimate of drug-likeness (QED) is 0.847. The van der Waals surface area contributed by atoms with Gasteiger partial charge in [0.25, 0.3) is 0 Å². The van der Waals surface area contributed by atoms with Crippen molar-refractivity contribution >= 4 is 11.8 Å². The monoisotopic (exact) mass is 232 g/mol. The molecule has 1 saturated carbocycles. The van der Waals surface area contributed by atoms with Crippen LogP contribution < -0.4 is 4.90 Å². The van der Waals surface area contributed by atoms with Crippen LogP contribution in [0.15, 0.2) is 18.3 Å². The standard InChI is InChI=1S/C13H16N2O2/c16-13(17)11-5-2-6-14-12(11)15-7-9-3-1-4-10(9)8-15/h2,5-6,9-10H,1,3-4,7-8H2,(H,16,17). The van der Waals surface area contributed by atoms with Crippen LogP contribution >= 0.6 is 0 Å². The highest BCUT2D eigenvalue weighted by atomic mass is 16.4. The Hall–Kier alpha value is -1.58. The third-order valence-electron chi connectivity index (χ3n) is 4.04. The van der Waals surface area contributed by atoms with Gasteiger partial charge in [0, 0.05) is 19.3 Å². The molecule has 1 N–H and O–H groups in total. The van der Waals surface area contributed by atoms with Crippen molar-refractivity contribution in [3.8, 4) is 0 Å². The predicted molar refractivity (Wildman–Crippen MR) is 64.2 cm³/mol. The fourth-order valence-corrected chi connectivity index (χ4v) is 3.22. The van der Waals surface area contributed by atoms with Crippen molar-refractivity contribution in [3.05, 3.63) is 23.9 Å². The van der Waals surface area contributed by atoms with E-state index in [1.807, 2.05) is 0 Å². The Morgan fingerprint density at radius 1 is 1.35 bits per heavy atom. The normalized spacial score (nSPS) is 27.2. The second-order valence-corrected chi connectivity index (χ2v) is 5.04. The molecule has 2 fully saturated rings. The Morgan fingerprint density at radius 2 is 2.06 bits per heavy atom. The molecule has 3 rings (SSSR count). The summed E-state index contributed by atoms with van der Waals surface area (Å²) >= 11 is 0. The molecule has 17 heavy (non-hydrogen) atoms. The molecule has 1 saturated heterocycles. The Bertz CT molecular complexity index is 435. The number of rotatable bonds is 2. The summed E-state index contributed by atoms with van der Waals surface area (Å²) in [4.78, 5) is 17.6. The zero-order valence-electron chi connectivity index (χ0n) is 9.67. The Morgan fingerprint density at radius 3 is 2.71 bits per heavy atom. The summed E-state index contributed by atoms with van der Waals surface area (Å²) in [5, 5.41) is 9.16. The Balaban J connectivity index is 1.88. The molecule has 90 valence electrons. The maximum absolute atomic E-state index is 11.2. The van der Waals surface area contributed by atoms with Crippen LogP contribution in [-0.4, -0.2) is 29.1 Å². The van der Waals surface area contributed by atoms with Crippen LogP contribution in [0, 0.1) is 11.8 Å². The van der Waals surface area contributed by atoms with E-state index in [2.05, 4.69) is 9.88 Å². The lowest BCUT2D eigenvalue weighted by atomic mass is 10.0. The number of carboxylic acid groups (broad SMARTS) is 1. The first-order valence-electron chi connectivity index (χ1n) is 6.19. The van der Waals surface area contributed by atoms with Crippen LogP contribution in [0.5, 0.6) is 0 Å². The molecule has 0 radical (unpaired) electrons. The van der Waals surface area contributed by atoms with Gasteiger partial charge in [-0.15, -0.1) is 0 Å². The maximum Gasteiger partial charge on any atom is 0.339 e. The summed E-state index contributed by atoms with van der Waals surface area (Å²) in [5.74, 6) is 1.26. The van der Waals surface area contributed by atoms with Gasteiger partial charge in [0.2, 0.25) is 0 Å². The van der Waals surface area contributed by atoms with Gasteiger partial charge < -0.3 is 10.0 Å². The number of aromatic nitrogens is 1. The van der Waals surface area contributed by atoms with Gasteiger partial charge in [-0.25, -0.2) is 9.78 Å². The molecule has 2 atom stereocenters. The molecule has 2 heterocycles. The highest BCUT2D eigenvalue weighted by Gasteiger charge is 2.37. The fourth-order valence-electron chi connectivity index (χ4n) is 3.22. The van der Waals surface area contributed by atoms with E-state index in [9.17, 15) is 4.79 Å². The second-order valence-electron chi connectivity index (χ2n) is 5.04. The summed E-state index contributed by atoms with van der Waals surface area (Å²) in [6.07, 6.45) is 5.58. The van der Waals surface area contributed by atoms with E-state index in [-0.39, 0.29) is 0 Å². The average Bonchev–Trinajstić information content (AvgIpc) is 2.88. The summed E-state index contributed by atoms with van der Waals surface area (Å²) in [7, 11) is 0. The lowest BCUT2D eigenvalue weighted by molar-refractivity contribution is 0.0697. The lowest BCUT2D eigenvalue weighted by Gasteiger charge is -2.19. The maximum atomic E-state index is 11.2. The molecule has 1 aliphatic heterocycles. The van der Waals surface area contributed by atoms with Crippen LogP contribution in [0.4, 0.5) is 5.82 Å². The summed E-state index contributed by atoms with van der Waals surface area (Å²) in [6, 6.07) is 3.32. The number of hydrogen-bond acceptors (Lipinski definition) is 3. The van der Waals surface area contributed by atoms with E-state index in [4.69, 9.17) is 5.11 Å². The number of pyridine rings is 1. The smallest absolute Gasteiger partial charge is 0.339 e. The van der Waals surface area contributed by atoms with E-state index >= 15 is 0 Å². The molecule has 1 aromatic rings. The largest absolute Gasteiger partial charge is 0.478 e. The molecule has 4 heteroatoms. The number of nitrogens with zero attached hydrogens (tertiary/aromatic N) is 2. The van der Waals surface area contributed by atoms with Gasteiger partial charge in [-0.3, -0.25) is 0 Å². The molecular formula is C13H16N2O2. The Labute approximate surface area is 100 Å². The molecule has 2 unspecified atom stereocenters. The number of carbonyl (C=O) groups is 1. The first-order chi connectivity index (χ1) is 8.25. The molecule has 0 amide bonds. The number of anilines is 1. The van der Waals surface area contributed by atoms with Gasteiger partial charge >= 0.3 is 5.97 Å². The SMILES string of the molecule is O=C(O)c1cccnc1N1CC2CCCC2C1. The van der Waals surface area contributed by atoms with Crippen LogP contribution in [0.2, 0.25) is 0 Å². The molecule has 0 aromatic carbocycles. The Kier molecular flexibility index (Phi) is 2.50. The summed E-state index contributed by atoms with van der Waals surface area (Å²) in [6.45, 7) is 1.95. The number of carboxylic acids is 1. The first-order valence-corrected chi connectivity index (χ1v) is 6.19. The highest BCUT2D eigenvalue weighted by Crippen LogP contribution is 2.39. The molecule has 1 aliphatic carbocycles. The van der Waals surface area contributed by atoms with E-state index in [0.717, 1.165) is 24.9 Å². The van der Waals surface area contributed by atoms with Gasteiger partial charge in [-0.05, 0) is 36.8 Å². The second kappa shape index (κ2) is 4.02. The van der Waals surface area contributed by atoms with E-state index in [1.54, 1.807) is 18.3 Å². The van der Waals surface area contributed by atoms with Gasteiger partial charge in [0.05, 0.1) is 0 Å². The van der Waals surface area contributed by atoms with Gasteiger partial charge in [0.15, 0.2) is 0 Å². The van der Waals surface area contributed by atoms with Crippen LogP contribution in [0.25, 0.3) is 0 Å². The van der Waals surface area contributed by atoms with E-state index in [1.165, 1.54) is 19.3 Å². The fraction of sp³-hybridized carbons (Fsp3) is 0.538. The topological polar surface area (TPSA) is 53.4 Å². The van der Waals surface area contributed by atoms with Gasteiger partial charge in [-0.1, -0.05) is 6.42 Å². The highest BCUT2D eigenvalue weighted by molar-refractivity contribution is 5.93. The number of aromatic carboxylic acids is 1. The van der Waals surface area contributed by atoms with Gasteiger partial charge in [0.1, 0.15) is 11.4 Å². The molecule has 1 aromatic heterocycles. The zero-order chi connectivity index (χ0) is 11.8. The lowest BCUT2D eigenvalue weighted by Crippen LogP contribution is -2.24. The minimum absolute atomic E-state index is 0.326. The van der Waals surface area contributed by atoms with Crippen molar-refractivity contribution in [3.63, 3.8) is 0 Å². The molecule has 0 spiro atoms. The summed E-state index contributed by atoms with van der Waals surface area (Å²) < 4.78 is 0. The third kappa shape index (κ3) is 1.77. The third-order valence-corrected chi connectivity index (χ3v) is 4.04. The minimum atomic E-state index is -0.884. The minimum Gasteiger partial charge on any atom is -0.478 e. The van der Waals surface area contributed by atoms with E-state index < -0.39 is 5.97 Å². The molecule has 0 bridgehead atoms. The predicted octanol–water partition coefficient (Wildman–Crippen LogP) is 2.02. The van der Waals surface area contributed by atoms with Crippen molar-refractivity contribution in [2.45, 2.75) is 19.3 Å². The van der Waals surface area contributed by atoms with Crippen molar-refractivity contribution in [2.24, 2.45) is 11.8 Å².